The summed E-state index contributed by atoms with van der Waals surface area (Å²) in [7, 11) is 0. The zero-order valence-electron chi connectivity index (χ0n) is 8.58. The number of carboxylic acid groups (broad SMARTS) is 1. The molecule has 0 rings (SSSR count). The van der Waals surface area contributed by atoms with E-state index in [1.165, 1.54) is 0 Å². The monoisotopic (exact) mass is 188 g/mol. The Labute approximate surface area is 79.9 Å². The van der Waals surface area contributed by atoms with Crippen molar-refractivity contribution in [3.8, 4) is 0 Å². The number of hydrogen-bond donors (Lipinski definition) is 1. The van der Waals surface area contributed by atoms with Crippen LogP contribution < -0.4 is 10.4 Å². The van der Waals surface area contributed by atoms with Crippen LogP contribution in [-0.4, -0.2) is 43.6 Å². The first-order valence-corrected chi connectivity index (χ1v) is 4.94. The molecule has 0 atom stereocenters. The van der Waals surface area contributed by atoms with Gasteiger partial charge in [-0.2, -0.15) is 0 Å². The SMILES string of the molecule is CCN(CC)CC[NH2+]CCC(=O)[O-]. The molecule has 0 radical (unpaired) electrons. The lowest BCUT2D eigenvalue weighted by molar-refractivity contribution is -0.654. The van der Waals surface area contributed by atoms with Crippen LogP contribution in [0.2, 0.25) is 0 Å². The molecule has 0 aliphatic rings. The van der Waals surface area contributed by atoms with Crippen molar-refractivity contribution in [1.82, 2.24) is 4.90 Å². The van der Waals surface area contributed by atoms with E-state index >= 15 is 0 Å². The molecule has 4 heteroatoms. The van der Waals surface area contributed by atoms with E-state index in [2.05, 4.69) is 18.7 Å². The maximum Gasteiger partial charge on any atom is 0.0884 e. The number of nitrogens with two attached hydrogens (primary N) is 1. The second-order valence-electron chi connectivity index (χ2n) is 3.01. The van der Waals surface area contributed by atoms with Crippen LogP contribution in [0.4, 0.5) is 0 Å². The molecule has 0 heterocycles. The third-order valence-electron chi connectivity index (χ3n) is 2.10. The fraction of sp³-hybridized carbons (Fsp3) is 0.889. The molecule has 0 spiro atoms. The van der Waals surface area contributed by atoms with Gasteiger partial charge < -0.3 is 15.2 Å². The lowest BCUT2D eigenvalue weighted by atomic mass is 10.4. The highest BCUT2D eigenvalue weighted by Gasteiger charge is 1.99. The Morgan fingerprint density at radius 1 is 1.31 bits per heavy atom. The smallest absolute Gasteiger partial charge is 0.0884 e. The van der Waals surface area contributed by atoms with Crippen LogP contribution >= 0.6 is 0 Å². The van der Waals surface area contributed by atoms with Crippen LogP contribution in [0.1, 0.15) is 20.3 Å². The Bertz CT molecular complexity index is 136. The standard InChI is InChI=1S/C9H20N2O2/c1-3-11(4-2)8-7-10-6-5-9(12)13/h10H,3-8H2,1-2H3,(H,12,13). The van der Waals surface area contributed by atoms with Crippen LogP contribution in [0.15, 0.2) is 0 Å². The lowest BCUT2D eigenvalue weighted by Crippen LogP contribution is -2.86. The summed E-state index contributed by atoms with van der Waals surface area (Å²) in [5.74, 6) is -0.959. The van der Waals surface area contributed by atoms with E-state index in [-0.39, 0.29) is 6.42 Å². The van der Waals surface area contributed by atoms with Crippen molar-refractivity contribution in [2.45, 2.75) is 20.3 Å². The fourth-order valence-electron chi connectivity index (χ4n) is 1.18. The zero-order valence-corrected chi connectivity index (χ0v) is 8.58. The van der Waals surface area contributed by atoms with Gasteiger partial charge in [-0.1, -0.05) is 13.8 Å². The summed E-state index contributed by atoms with van der Waals surface area (Å²) < 4.78 is 0. The Morgan fingerprint density at radius 3 is 2.38 bits per heavy atom. The predicted octanol–water partition coefficient (Wildman–Crippen LogP) is -1.97. The number of carbonyl (C=O) groups is 1. The van der Waals surface area contributed by atoms with E-state index in [4.69, 9.17) is 0 Å². The van der Waals surface area contributed by atoms with Crippen molar-refractivity contribution in [2.75, 3.05) is 32.7 Å². The molecule has 13 heavy (non-hydrogen) atoms. The van der Waals surface area contributed by atoms with Crippen LogP contribution in [0.3, 0.4) is 0 Å². The Hall–Kier alpha value is -0.610. The first-order valence-electron chi connectivity index (χ1n) is 4.94. The van der Waals surface area contributed by atoms with Gasteiger partial charge in [0.05, 0.1) is 13.1 Å². The molecule has 4 nitrogen and oxygen atoms in total. The molecule has 0 aromatic rings. The fourth-order valence-corrected chi connectivity index (χ4v) is 1.18. The minimum atomic E-state index is -0.959. The summed E-state index contributed by atoms with van der Waals surface area (Å²) in [5.41, 5.74) is 0. The van der Waals surface area contributed by atoms with Crippen LogP contribution in [0, 0.1) is 0 Å². The molecule has 0 aromatic heterocycles. The van der Waals surface area contributed by atoms with Gasteiger partial charge in [0.2, 0.25) is 0 Å². The molecule has 0 aromatic carbocycles. The molecule has 0 saturated heterocycles. The highest BCUT2D eigenvalue weighted by molar-refractivity contribution is 5.64. The van der Waals surface area contributed by atoms with Crippen LogP contribution in [0.5, 0.6) is 0 Å². The van der Waals surface area contributed by atoms with E-state index in [0.29, 0.717) is 6.54 Å². The largest absolute Gasteiger partial charge is 0.550 e. The summed E-state index contributed by atoms with van der Waals surface area (Å²) >= 11 is 0. The summed E-state index contributed by atoms with van der Waals surface area (Å²) in [4.78, 5) is 12.4. The number of carbonyl (C=O) groups excluding carboxylic acids is 1. The first-order chi connectivity index (χ1) is 6.20. The molecule has 0 aliphatic carbocycles. The molecular weight excluding hydrogens is 168 g/mol. The zero-order chi connectivity index (χ0) is 10.1. The molecule has 0 unspecified atom stereocenters. The second kappa shape index (κ2) is 8.01. The molecule has 0 bridgehead atoms. The number of carboxylic acids is 1. The van der Waals surface area contributed by atoms with Crippen LogP contribution in [-0.2, 0) is 4.79 Å². The topological polar surface area (TPSA) is 60.0 Å². The van der Waals surface area contributed by atoms with Gasteiger partial charge in [0, 0.05) is 18.9 Å². The van der Waals surface area contributed by atoms with Gasteiger partial charge in [-0.05, 0) is 13.1 Å². The van der Waals surface area contributed by atoms with Crippen molar-refractivity contribution in [2.24, 2.45) is 0 Å². The Balaban J connectivity index is 3.19. The minimum Gasteiger partial charge on any atom is -0.550 e. The molecule has 0 saturated carbocycles. The maximum atomic E-state index is 10.1. The molecule has 0 amide bonds. The Morgan fingerprint density at radius 2 is 1.92 bits per heavy atom. The van der Waals surface area contributed by atoms with Gasteiger partial charge in [0.15, 0.2) is 0 Å². The van der Waals surface area contributed by atoms with Crippen LogP contribution in [0.25, 0.3) is 0 Å². The van der Waals surface area contributed by atoms with Gasteiger partial charge in [-0.3, -0.25) is 4.90 Å². The van der Waals surface area contributed by atoms with E-state index < -0.39 is 5.97 Å². The van der Waals surface area contributed by atoms with Gasteiger partial charge >= 0.3 is 0 Å². The first kappa shape index (κ1) is 12.4. The van der Waals surface area contributed by atoms with E-state index in [9.17, 15) is 9.90 Å². The highest BCUT2D eigenvalue weighted by Crippen LogP contribution is 1.81. The molecule has 0 fully saturated rings. The number of likely N-dealkylation sites (N-methyl/N-ethyl adjacent to an activating group) is 1. The van der Waals surface area contributed by atoms with Gasteiger partial charge in [-0.15, -0.1) is 0 Å². The van der Waals surface area contributed by atoms with Gasteiger partial charge in [-0.25, -0.2) is 0 Å². The van der Waals surface area contributed by atoms with Crippen molar-refractivity contribution < 1.29 is 15.2 Å². The normalized spacial score (nSPS) is 10.7. The summed E-state index contributed by atoms with van der Waals surface area (Å²) in [6.45, 7) is 9.00. The maximum absolute atomic E-state index is 10.1. The lowest BCUT2D eigenvalue weighted by Gasteiger charge is -2.16. The number of nitrogens with zero attached hydrogens (tertiary/aromatic N) is 1. The summed E-state index contributed by atoms with van der Waals surface area (Å²) in [6.07, 6.45) is 0.151. The third kappa shape index (κ3) is 7.74. The van der Waals surface area contributed by atoms with Crippen molar-refractivity contribution >= 4 is 5.97 Å². The number of rotatable bonds is 8. The molecule has 2 N–H and O–H groups in total. The van der Waals surface area contributed by atoms with Gasteiger partial charge in [0.1, 0.15) is 0 Å². The van der Waals surface area contributed by atoms with Crippen molar-refractivity contribution in [1.29, 1.82) is 0 Å². The van der Waals surface area contributed by atoms with E-state index in [1.54, 1.807) is 0 Å². The summed E-state index contributed by atoms with van der Waals surface area (Å²) in [6, 6.07) is 0. The van der Waals surface area contributed by atoms with E-state index in [0.717, 1.165) is 26.2 Å². The predicted molar refractivity (Wildman–Crippen MR) is 49.1 cm³/mol. The third-order valence-corrected chi connectivity index (χ3v) is 2.10. The number of hydrogen-bond acceptors (Lipinski definition) is 3. The highest BCUT2D eigenvalue weighted by atomic mass is 16.4. The van der Waals surface area contributed by atoms with Crippen molar-refractivity contribution in [3.63, 3.8) is 0 Å². The average Bonchev–Trinajstić information content (AvgIpc) is 2.11. The summed E-state index contributed by atoms with van der Waals surface area (Å²) in [5, 5.41) is 12.1. The minimum absolute atomic E-state index is 0.151. The van der Waals surface area contributed by atoms with Crippen molar-refractivity contribution in [3.05, 3.63) is 0 Å². The van der Waals surface area contributed by atoms with E-state index in [1.807, 2.05) is 5.32 Å². The average molecular weight is 188 g/mol. The second-order valence-corrected chi connectivity index (χ2v) is 3.01. The number of aliphatic carboxylic acids is 1. The quantitative estimate of drug-likeness (QED) is 0.450. The molecular formula is C9H20N2O2. The Kier molecular flexibility index (Phi) is 7.63. The van der Waals surface area contributed by atoms with Gasteiger partial charge in [0.25, 0.3) is 0 Å². The number of quaternary nitrogens is 1. The molecule has 78 valence electrons. The molecule has 0 aliphatic heterocycles.